The van der Waals surface area contributed by atoms with Crippen molar-refractivity contribution in [3.8, 4) is 0 Å². The second kappa shape index (κ2) is 4.94. The average Bonchev–Trinajstić information content (AvgIpc) is 2.93. The number of ether oxygens (including phenoxy) is 1. The van der Waals surface area contributed by atoms with Gasteiger partial charge in [-0.25, -0.2) is 0 Å². The third kappa shape index (κ3) is 1.88. The smallest absolute Gasteiger partial charge is 0.263 e. The molecule has 0 aliphatic heterocycles. The van der Waals surface area contributed by atoms with E-state index >= 15 is 0 Å². The fourth-order valence-corrected chi connectivity index (χ4v) is 6.74. The predicted molar refractivity (Wildman–Crippen MR) is 87.6 cm³/mol. The summed E-state index contributed by atoms with van der Waals surface area (Å²) in [5.74, 6) is 1.64. The van der Waals surface area contributed by atoms with Crippen LogP contribution in [0.4, 0.5) is 0 Å². The highest BCUT2D eigenvalue weighted by atomic mass is 16.5. The molecular formula is C20H28O3. The maximum Gasteiger partial charge on any atom is 0.263 e. The molecule has 6 atom stereocenters. The number of ketones is 2. The van der Waals surface area contributed by atoms with Crippen molar-refractivity contribution in [3.63, 3.8) is 0 Å². The zero-order valence-corrected chi connectivity index (χ0v) is 14.6. The van der Waals surface area contributed by atoms with Crippen LogP contribution in [0.2, 0.25) is 0 Å². The molecule has 0 aromatic rings. The molecule has 0 bridgehead atoms. The number of hydrogen-bond donors (Lipinski definition) is 0. The van der Waals surface area contributed by atoms with Crippen molar-refractivity contribution in [2.75, 3.05) is 7.11 Å². The minimum atomic E-state index is -0.494. The van der Waals surface area contributed by atoms with Crippen molar-refractivity contribution < 1.29 is 14.3 Å². The molecule has 126 valence electrons. The molecule has 4 aliphatic rings. The molecule has 0 saturated heterocycles. The van der Waals surface area contributed by atoms with Crippen LogP contribution >= 0.6 is 0 Å². The van der Waals surface area contributed by atoms with Crippen molar-refractivity contribution >= 4 is 11.6 Å². The normalized spacial score (nSPS) is 49.1. The second-order valence-electron chi connectivity index (χ2n) is 8.82. The van der Waals surface area contributed by atoms with Crippen molar-refractivity contribution in [3.05, 3.63) is 11.8 Å². The highest BCUT2D eigenvalue weighted by molar-refractivity contribution is 6.45. The van der Waals surface area contributed by atoms with Crippen LogP contribution in [0, 0.1) is 34.5 Å². The third-order valence-corrected chi connectivity index (χ3v) is 8.06. The Balaban J connectivity index is 1.73. The molecule has 1 unspecified atom stereocenters. The minimum Gasteiger partial charge on any atom is -0.493 e. The molecule has 0 spiro atoms. The van der Waals surface area contributed by atoms with Crippen LogP contribution in [0.1, 0.15) is 58.8 Å². The van der Waals surface area contributed by atoms with Gasteiger partial charge in [-0.2, -0.15) is 0 Å². The van der Waals surface area contributed by atoms with Gasteiger partial charge in [0.15, 0.2) is 5.76 Å². The number of methoxy groups -OCH3 is 1. The number of Topliss-reactive ketones (excluding diaryl/α,β-unsaturated/α-hetero) is 2. The van der Waals surface area contributed by atoms with Crippen LogP contribution in [-0.2, 0) is 14.3 Å². The van der Waals surface area contributed by atoms with Crippen molar-refractivity contribution in [2.45, 2.75) is 58.8 Å². The average molecular weight is 316 g/mol. The van der Waals surface area contributed by atoms with Gasteiger partial charge in [-0.15, -0.1) is 0 Å². The summed E-state index contributed by atoms with van der Waals surface area (Å²) in [5, 5.41) is 0. The largest absolute Gasteiger partial charge is 0.493 e. The lowest BCUT2D eigenvalue weighted by atomic mass is 9.46. The summed E-state index contributed by atoms with van der Waals surface area (Å²) in [4.78, 5) is 25.4. The van der Waals surface area contributed by atoms with Gasteiger partial charge < -0.3 is 4.74 Å². The number of carbonyl (C=O) groups excluding carboxylic acids is 2. The SMILES string of the molecule is COC1=CC2CC[C@H]3[C@@H]4CCC[C@@]4(C)CC[C@@H]3[C@@]2(C)C(=O)C1=O. The number of rotatable bonds is 1. The molecule has 4 rings (SSSR count). The van der Waals surface area contributed by atoms with Crippen molar-refractivity contribution in [1.29, 1.82) is 0 Å². The molecule has 0 heterocycles. The van der Waals surface area contributed by atoms with E-state index in [4.69, 9.17) is 4.74 Å². The maximum absolute atomic E-state index is 13.0. The molecule has 0 radical (unpaired) electrons. The van der Waals surface area contributed by atoms with Crippen LogP contribution in [-0.4, -0.2) is 18.7 Å². The van der Waals surface area contributed by atoms with Gasteiger partial charge in [-0.1, -0.05) is 20.3 Å². The van der Waals surface area contributed by atoms with E-state index in [9.17, 15) is 9.59 Å². The van der Waals surface area contributed by atoms with Crippen LogP contribution < -0.4 is 0 Å². The molecule has 0 aromatic heterocycles. The van der Waals surface area contributed by atoms with Crippen LogP contribution in [0.25, 0.3) is 0 Å². The lowest BCUT2D eigenvalue weighted by molar-refractivity contribution is -0.156. The number of hydrogen-bond acceptors (Lipinski definition) is 3. The quantitative estimate of drug-likeness (QED) is 0.689. The number of allylic oxidation sites excluding steroid dienone is 2. The van der Waals surface area contributed by atoms with Gasteiger partial charge in [0.2, 0.25) is 5.78 Å². The Kier molecular flexibility index (Phi) is 3.31. The first-order chi connectivity index (χ1) is 10.9. The summed E-state index contributed by atoms with van der Waals surface area (Å²) in [6, 6.07) is 0. The van der Waals surface area contributed by atoms with Gasteiger partial charge in [0.05, 0.1) is 7.11 Å². The van der Waals surface area contributed by atoms with Gasteiger partial charge in [0.1, 0.15) is 0 Å². The summed E-state index contributed by atoms with van der Waals surface area (Å²) in [6.07, 6.45) is 10.5. The Morgan fingerprint density at radius 3 is 2.57 bits per heavy atom. The predicted octanol–water partition coefficient (Wildman–Crippen LogP) is 3.92. The molecule has 0 amide bonds. The molecule has 3 fully saturated rings. The van der Waals surface area contributed by atoms with E-state index in [1.165, 1.54) is 39.2 Å². The van der Waals surface area contributed by atoms with Crippen molar-refractivity contribution in [1.82, 2.24) is 0 Å². The monoisotopic (exact) mass is 316 g/mol. The molecule has 3 saturated carbocycles. The first-order valence-corrected chi connectivity index (χ1v) is 9.27. The van der Waals surface area contributed by atoms with Gasteiger partial charge in [0, 0.05) is 5.41 Å². The molecule has 3 nitrogen and oxygen atoms in total. The molecule has 4 aliphatic carbocycles. The van der Waals surface area contributed by atoms with E-state index in [0.717, 1.165) is 18.8 Å². The first-order valence-electron chi connectivity index (χ1n) is 9.27. The van der Waals surface area contributed by atoms with Gasteiger partial charge in [-0.05, 0) is 73.7 Å². The first kappa shape index (κ1) is 15.4. The van der Waals surface area contributed by atoms with E-state index in [-0.39, 0.29) is 17.5 Å². The highest BCUT2D eigenvalue weighted by Crippen LogP contribution is 2.64. The van der Waals surface area contributed by atoms with Crippen LogP contribution in [0.15, 0.2) is 11.8 Å². The zero-order chi connectivity index (χ0) is 16.4. The van der Waals surface area contributed by atoms with Crippen LogP contribution in [0.3, 0.4) is 0 Å². The molecule has 0 aromatic carbocycles. The lowest BCUT2D eigenvalue weighted by Crippen LogP contribution is -2.57. The van der Waals surface area contributed by atoms with Crippen molar-refractivity contribution in [2.24, 2.45) is 34.5 Å². The van der Waals surface area contributed by atoms with Gasteiger partial charge >= 0.3 is 0 Å². The standard InChI is InChI=1S/C20H28O3/c1-19-9-4-5-14(19)13-7-6-12-11-16(23-3)17(21)18(22)20(12,2)15(13)8-10-19/h11-15H,4-10H2,1-3H3/t12?,13-,14-,15-,19-,20-/m0/s1. The van der Waals surface area contributed by atoms with E-state index in [0.29, 0.717) is 17.3 Å². The summed E-state index contributed by atoms with van der Waals surface area (Å²) in [6.45, 7) is 4.54. The third-order valence-electron chi connectivity index (χ3n) is 8.06. The van der Waals surface area contributed by atoms with E-state index < -0.39 is 11.2 Å². The van der Waals surface area contributed by atoms with E-state index in [1.807, 2.05) is 6.08 Å². The maximum atomic E-state index is 13.0. The summed E-state index contributed by atoms with van der Waals surface area (Å²) < 4.78 is 5.18. The Bertz CT molecular complexity index is 592. The highest BCUT2D eigenvalue weighted by Gasteiger charge is 2.61. The van der Waals surface area contributed by atoms with E-state index in [2.05, 4.69) is 13.8 Å². The fraction of sp³-hybridized carbons (Fsp3) is 0.800. The molecule has 0 N–H and O–H groups in total. The molecule has 23 heavy (non-hydrogen) atoms. The summed E-state index contributed by atoms with van der Waals surface area (Å²) >= 11 is 0. The van der Waals surface area contributed by atoms with Crippen LogP contribution in [0.5, 0.6) is 0 Å². The Hall–Kier alpha value is -1.12. The Morgan fingerprint density at radius 2 is 1.83 bits per heavy atom. The number of fused-ring (bicyclic) bond motifs is 5. The lowest BCUT2D eigenvalue weighted by Gasteiger charge is -2.57. The molecular weight excluding hydrogens is 288 g/mol. The second-order valence-corrected chi connectivity index (χ2v) is 8.82. The Morgan fingerprint density at radius 1 is 1.04 bits per heavy atom. The fourth-order valence-electron chi connectivity index (χ4n) is 6.74. The topological polar surface area (TPSA) is 43.4 Å². The minimum absolute atomic E-state index is 0.176. The summed E-state index contributed by atoms with van der Waals surface area (Å²) in [5.41, 5.74) is -0.00837. The number of carbonyl (C=O) groups is 2. The van der Waals surface area contributed by atoms with E-state index in [1.54, 1.807) is 0 Å². The summed E-state index contributed by atoms with van der Waals surface area (Å²) in [7, 11) is 1.50. The molecule has 3 heteroatoms. The Labute approximate surface area is 138 Å². The van der Waals surface area contributed by atoms with Gasteiger partial charge in [-0.3, -0.25) is 9.59 Å². The van der Waals surface area contributed by atoms with Gasteiger partial charge in [0.25, 0.3) is 5.78 Å². The zero-order valence-electron chi connectivity index (χ0n) is 14.6.